The molecule has 23 heavy (non-hydrogen) atoms. The van der Waals surface area contributed by atoms with Crippen molar-refractivity contribution in [2.45, 2.75) is 65.3 Å². The SMILES string of the molecule is CC1(C)CC[C@@H](CNC(=O)C(F)(F)F)N(C(=O)OC(C)(C)C)C1. The molecule has 8 heteroatoms. The van der Waals surface area contributed by atoms with E-state index in [0.29, 0.717) is 13.0 Å². The van der Waals surface area contributed by atoms with Gasteiger partial charge in [0.15, 0.2) is 0 Å². The first-order chi connectivity index (χ1) is 10.2. The minimum atomic E-state index is -4.93. The highest BCUT2D eigenvalue weighted by Gasteiger charge is 2.41. The van der Waals surface area contributed by atoms with Crippen LogP contribution in [-0.2, 0) is 9.53 Å². The second-order valence-corrected chi connectivity index (χ2v) is 7.67. The lowest BCUT2D eigenvalue weighted by atomic mass is 9.81. The first kappa shape index (κ1) is 19.6. The van der Waals surface area contributed by atoms with Crippen LogP contribution in [0.15, 0.2) is 0 Å². The molecule has 1 saturated heterocycles. The first-order valence-corrected chi connectivity index (χ1v) is 7.56. The molecular formula is C15H25F3N2O3. The highest BCUT2D eigenvalue weighted by atomic mass is 19.4. The summed E-state index contributed by atoms with van der Waals surface area (Å²) in [4.78, 5) is 24.7. The van der Waals surface area contributed by atoms with Gasteiger partial charge in [-0.05, 0) is 39.0 Å². The van der Waals surface area contributed by atoms with E-state index in [2.05, 4.69) is 0 Å². The normalized spacial score (nSPS) is 21.7. The summed E-state index contributed by atoms with van der Waals surface area (Å²) in [5.74, 6) is -1.99. The molecule has 1 rings (SSSR count). The van der Waals surface area contributed by atoms with Crippen molar-refractivity contribution in [3.63, 3.8) is 0 Å². The number of rotatable bonds is 2. The minimum Gasteiger partial charge on any atom is -0.444 e. The maximum Gasteiger partial charge on any atom is 0.471 e. The van der Waals surface area contributed by atoms with Crippen molar-refractivity contribution >= 4 is 12.0 Å². The summed E-state index contributed by atoms with van der Waals surface area (Å²) in [5.41, 5.74) is -0.847. The van der Waals surface area contributed by atoms with Gasteiger partial charge in [-0.25, -0.2) is 4.79 Å². The number of halogens is 3. The van der Waals surface area contributed by atoms with Crippen LogP contribution in [0.4, 0.5) is 18.0 Å². The monoisotopic (exact) mass is 338 g/mol. The Morgan fingerprint density at radius 1 is 1.26 bits per heavy atom. The third-order valence-electron chi connectivity index (χ3n) is 3.58. The van der Waals surface area contributed by atoms with Gasteiger partial charge < -0.3 is 15.0 Å². The fourth-order valence-electron chi connectivity index (χ4n) is 2.44. The van der Waals surface area contributed by atoms with Crippen LogP contribution in [0.25, 0.3) is 0 Å². The van der Waals surface area contributed by atoms with Crippen LogP contribution in [0, 0.1) is 5.41 Å². The van der Waals surface area contributed by atoms with E-state index in [4.69, 9.17) is 4.74 Å². The molecule has 0 saturated carbocycles. The molecule has 1 aliphatic heterocycles. The molecule has 0 aliphatic carbocycles. The molecule has 0 aromatic rings. The predicted molar refractivity (Wildman–Crippen MR) is 78.8 cm³/mol. The third-order valence-corrected chi connectivity index (χ3v) is 3.58. The lowest BCUT2D eigenvalue weighted by molar-refractivity contribution is -0.173. The van der Waals surface area contributed by atoms with Gasteiger partial charge in [0.05, 0.1) is 6.04 Å². The Hall–Kier alpha value is -1.47. The molecule has 2 amide bonds. The Balaban J connectivity index is 2.78. The lowest BCUT2D eigenvalue weighted by Crippen LogP contribution is -2.55. The largest absolute Gasteiger partial charge is 0.471 e. The third kappa shape index (κ3) is 6.27. The molecule has 5 nitrogen and oxygen atoms in total. The molecule has 0 aromatic heterocycles. The summed E-state index contributed by atoms with van der Waals surface area (Å²) in [5, 5.41) is 1.85. The molecule has 1 N–H and O–H groups in total. The van der Waals surface area contributed by atoms with Gasteiger partial charge in [-0.15, -0.1) is 0 Å². The number of piperidine rings is 1. The van der Waals surface area contributed by atoms with Crippen molar-refractivity contribution in [1.82, 2.24) is 10.2 Å². The van der Waals surface area contributed by atoms with Crippen LogP contribution in [-0.4, -0.2) is 47.8 Å². The van der Waals surface area contributed by atoms with Gasteiger partial charge in [0.1, 0.15) is 5.60 Å². The molecule has 0 unspecified atom stereocenters. The Morgan fingerprint density at radius 2 is 1.83 bits per heavy atom. The summed E-state index contributed by atoms with van der Waals surface area (Å²) in [7, 11) is 0. The molecular weight excluding hydrogens is 313 g/mol. The molecule has 1 fully saturated rings. The fourth-order valence-corrected chi connectivity index (χ4v) is 2.44. The Morgan fingerprint density at radius 3 is 2.30 bits per heavy atom. The Bertz CT molecular complexity index is 456. The zero-order chi connectivity index (χ0) is 18.1. The van der Waals surface area contributed by atoms with E-state index < -0.39 is 29.8 Å². The molecule has 1 heterocycles. The van der Waals surface area contributed by atoms with E-state index in [1.54, 1.807) is 20.8 Å². The Kier molecular flexibility index (Phi) is 5.59. The summed E-state index contributed by atoms with van der Waals surface area (Å²) >= 11 is 0. The van der Waals surface area contributed by atoms with E-state index in [-0.39, 0.29) is 12.0 Å². The highest BCUT2D eigenvalue weighted by Crippen LogP contribution is 2.32. The maximum atomic E-state index is 12.3. The van der Waals surface area contributed by atoms with E-state index in [9.17, 15) is 22.8 Å². The molecule has 0 bridgehead atoms. The number of carbonyl (C=O) groups excluding carboxylic acids is 2. The van der Waals surface area contributed by atoms with Crippen LogP contribution < -0.4 is 5.32 Å². The minimum absolute atomic E-state index is 0.151. The standard InChI is InChI=1S/C15H25F3N2O3/c1-13(2,3)23-12(22)20-9-14(4,5)7-6-10(20)8-19-11(21)15(16,17)18/h10H,6-9H2,1-5H3,(H,19,21)/t10-/m0/s1. The van der Waals surface area contributed by atoms with E-state index in [1.807, 2.05) is 19.2 Å². The van der Waals surface area contributed by atoms with Gasteiger partial charge >= 0.3 is 18.2 Å². The van der Waals surface area contributed by atoms with Gasteiger partial charge in [0, 0.05) is 13.1 Å². The maximum absolute atomic E-state index is 12.3. The van der Waals surface area contributed by atoms with Gasteiger partial charge in [-0.1, -0.05) is 13.8 Å². The van der Waals surface area contributed by atoms with Crippen LogP contribution in [0.2, 0.25) is 0 Å². The van der Waals surface area contributed by atoms with Gasteiger partial charge in [-0.3, -0.25) is 4.79 Å². The second-order valence-electron chi connectivity index (χ2n) is 7.67. The zero-order valence-corrected chi connectivity index (χ0v) is 14.2. The van der Waals surface area contributed by atoms with Crippen molar-refractivity contribution < 1.29 is 27.5 Å². The summed E-state index contributed by atoms with van der Waals surface area (Å²) in [6.07, 6.45) is -4.25. The first-order valence-electron chi connectivity index (χ1n) is 7.56. The lowest BCUT2D eigenvalue weighted by Gasteiger charge is -2.43. The number of carbonyl (C=O) groups is 2. The number of hydrogen-bond acceptors (Lipinski definition) is 3. The number of likely N-dealkylation sites (tertiary alicyclic amines) is 1. The fraction of sp³-hybridized carbons (Fsp3) is 0.867. The van der Waals surface area contributed by atoms with Gasteiger partial charge in [0.2, 0.25) is 0 Å². The van der Waals surface area contributed by atoms with Crippen molar-refractivity contribution in [2.24, 2.45) is 5.41 Å². The molecule has 134 valence electrons. The average Bonchev–Trinajstić information content (AvgIpc) is 2.32. The number of nitrogens with zero attached hydrogens (tertiary/aromatic N) is 1. The predicted octanol–water partition coefficient (Wildman–Crippen LogP) is 3.09. The zero-order valence-electron chi connectivity index (χ0n) is 14.2. The topological polar surface area (TPSA) is 58.6 Å². The summed E-state index contributed by atoms with van der Waals surface area (Å²) in [6.45, 7) is 9.26. The number of nitrogens with one attached hydrogen (secondary N) is 1. The van der Waals surface area contributed by atoms with E-state index >= 15 is 0 Å². The van der Waals surface area contributed by atoms with Crippen molar-refractivity contribution in [3.8, 4) is 0 Å². The van der Waals surface area contributed by atoms with Gasteiger partial charge in [-0.2, -0.15) is 13.2 Å². The summed E-state index contributed by atoms with van der Waals surface area (Å²) in [6, 6.07) is -0.510. The quantitative estimate of drug-likeness (QED) is 0.842. The van der Waals surface area contributed by atoms with Crippen LogP contribution >= 0.6 is 0 Å². The number of alkyl halides is 3. The molecule has 0 aromatic carbocycles. The van der Waals surface area contributed by atoms with Crippen molar-refractivity contribution in [2.75, 3.05) is 13.1 Å². The summed E-state index contributed by atoms with van der Waals surface area (Å²) < 4.78 is 42.2. The molecule has 0 spiro atoms. The number of hydrogen-bond donors (Lipinski definition) is 1. The molecule has 1 atom stereocenters. The van der Waals surface area contributed by atoms with Crippen molar-refractivity contribution in [1.29, 1.82) is 0 Å². The molecule has 1 aliphatic rings. The number of ether oxygens (including phenoxy) is 1. The van der Waals surface area contributed by atoms with Crippen molar-refractivity contribution in [3.05, 3.63) is 0 Å². The van der Waals surface area contributed by atoms with Gasteiger partial charge in [0.25, 0.3) is 0 Å². The van der Waals surface area contributed by atoms with Crippen LogP contribution in [0.3, 0.4) is 0 Å². The smallest absolute Gasteiger partial charge is 0.444 e. The highest BCUT2D eigenvalue weighted by molar-refractivity contribution is 5.81. The van der Waals surface area contributed by atoms with E-state index in [0.717, 1.165) is 6.42 Å². The average molecular weight is 338 g/mol. The van der Waals surface area contributed by atoms with Crippen LogP contribution in [0.5, 0.6) is 0 Å². The number of amides is 2. The van der Waals surface area contributed by atoms with Crippen LogP contribution in [0.1, 0.15) is 47.5 Å². The molecule has 0 radical (unpaired) electrons. The Labute approximate surface area is 134 Å². The second kappa shape index (κ2) is 6.57. The van der Waals surface area contributed by atoms with E-state index in [1.165, 1.54) is 4.90 Å².